The van der Waals surface area contributed by atoms with Crippen molar-refractivity contribution in [2.24, 2.45) is 5.92 Å². The lowest BCUT2D eigenvalue weighted by Gasteiger charge is -2.32. The highest BCUT2D eigenvalue weighted by Crippen LogP contribution is 2.30. The highest BCUT2D eigenvalue weighted by Gasteiger charge is 2.24. The number of ether oxygens (including phenoxy) is 1. The minimum Gasteiger partial charge on any atom is -0.389 e. The van der Waals surface area contributed by atoms with Crippen LogP contribution in [0.25, 0.3) is 0 Å². The van der Waals surface area contributed by atoms with Crippen molar-refractivity contribution in [3.8, 4) is 0 Å². The van der Waals surface area contributed by atoms with Gasteiger partial charge < -0.3 is 15.2 Å². The molecule has 0 heterocycles. The Morgan fingerprint density at radius 3 is 2.82 bits per heavy atom. The van der Waals surface area contributed by atoms with E-state index in [-0.39, 0.29) is 0 Å². The highest BCUT2D eigenvalue weighted by molar-refractivity contribution is 5.19. The molecule has 0 aromatic carbocycles. The van der Waals surface area contributed by atoms with Gasteiger partial charge in [-0.2, -0.15) is 0 Å². The van der Waals surface area contributed by atoms with Crippen molar-refractivity contribution in [3.05, 3.63) is 11.1 Å². The fourth-order valence-electron chi connectivity index (χ4n) is 2.57. The molecule has 1 saturated carbocycles. The van der Waals surface area contributed by atoms with Crippen LogP contribution in [0.4, 0.5) is 0 Å². The van der Waals surface area contributed by atoms with E-state index in [1.165, 1.54) is 30.4 Å². The third-order valence-electron chi connectivity index (χ3n) is 3.57. The summed E-state index contributed by atoms with van der Waals surface area (Å²) in [4.78, 5) is 0. The normalized spacial score (nSPS) is 27.0. The van der Waals surface area contributed by atoms with Crippen LogP contribution in [-0.2, 0) is 4.74 Å². The summed E-state index contributed by atoms with van der Waals surface area (Å²) < 4.78 is 4.94. The second-order valence-electron chi connectivity index (χ2n) is 5.47. The number of hydrogen-bond donors (Lipinski definition) is 2. The van der Waals surface area contributed by atoms with Crippen LogP contribution in [0.2, 0.25) is 0 Å². The molecule has 1 rings (SSSR count). The Kier molecular flexibility index (Phi) is 6.17. The first-order valence-electron chi connectivity index (χ1n) is 6.61. The Bertz CT molecular complexity index is 259. The summed E-state index contributed by atoms with van der Waals surface area (Å²) >= 11 is 0. The second-order valence-corrected chi connectivity index (χ2v) is 5.47. The molecule has 100 valence electrons. The lowest BCUT2D eigenvalue weighted by Crippen LogP contribution is -2.41. The van der Waals surface area contributed by atoms with Gasteiger partial charge in [-0.25, -0.2) is 0 Å². The Balaban J connectivity index is 2.50. The fourth-order valence-corrected chi connectivity index (χ4v) is 2.57. The summed E-state index contributed by atoms with van der Waals surface area (Å²) in [5.41, 5.74) is 2.96. The molecule has 3 nitrogen and oxygen atoms in total. The number of allylic oxidation sites excluding steroid dienone is 1. The van der Waals surface area contributed by atoms with Crippen molar-refractivity contribution in [2.45, 2.75) is 52.2 Å². The minimum atomic E-state index is -0.407. The predicted molar refractivity (Wildman–Crippen MR) is 71.1 cm³/mol. The van der Waals surface area contributed by atoms with Gasteiger partial charge in [0.15, 0.2) is 0 Å². The molecular formula is C14H27NO2. The lowest BCUT2D eigenvalue weighted by molar-refractivity contribution is 0.0624. The largest absolute Gasteiger partial charge is 0.389 e. The fraction of sp³-hybridized carbons (Fsp3) is 0.857. The average molecular weight is 241 g/mol. The first-order valence-corrected chi connectivity index (χ1v) is 6.61. The van der Waals surface area contributed by atoms with E-state index in [0.717, 1.165) is 5.92 Å². The Labute approximate surface area is 105 Å². The van der Waals surface area contributed by atoms with E-state index in [9.17, 15) is 5.11 Å². The first-order chi connectivity index (χ1) is 8.04. The topological polar surface area (TPSA) is 41.5 Å². The van der Waals surface area contributed by atoms with Gasteiger partial charge in [-0.1, -0.05) is 18.1 Å². The molecule has 1 fully saturated rings. The van der Waals surface area contributed by atoms with Crippen LogP contribution in [0.5, 0.6) is 0 Å². The van der Waals surface area contributed by atoms with Crippen LogP contribution in [0, 0.1) is 5.92 Å². The molecule has 0 aliphatic heterocycles. The number of aliphatic hydroxyl groups excluding tert-OH is 1. The van der Waals surface area contributed by atoms with Crippen LogP contribution < -0.4 is 5.32 Å². The summed E-state index contributed by atoms with van der Waals surface area (Å²) in [5.74, 6) is 0.773. The Hall–Kier alpha value is -0.380. The average Bonchev–Trinajstić information content (AvgIpc) is 2.26. The smallest absolute Gasteiger partial charge is 0.0897 e. The van der Waals surface area contributed by atoms with Gasteiger partial charge >= 0.3 is 0 Å². The van der Waals surface area contributed by atoms with Gasteiger partial charge in [-0.15, -0.1) is 0 Å². The van der Waals surface area contributed by atoms with Crippen molar-refractivity contribution >= 4 is 0 Å². The van der Waals surface area contributed by atoms with Crippen molar-refractivity contribution in [1.29, 1.82) is 0 Å². The lowest BCUT2D eigenvalue weighted by atomic mass is 9.81. The molecule has 3 heteroatoms. The zero-order valence-corrected chi connectivity index (χ0v) is 11.6. The van der Waals surface area contributed by atoms with E-state index in [4.69, 9.17) is 4.74 Å². The molecule has 0 spiro atoms. The molecule has 0 saturated heterocycles. The summed E-state index contributed by atoms with van der Waals surface area (Å²) in [6.07, 6.45) is 3.26. The molecule has 0 unspecified atom stereocenters. The summed E-state index contributed by atoms with van der Waals surface area (Å²) in [7, 11) is 1.62. The van der Waals surface area contributed by atoms with Crippen molar-refractivity contribution in [1.82, 2.24) is 5.32 Å². The van der Waals surface area contributed by atoms with Crippen molar-refractivity contribution in [2.75, 3.05) is 20.3 Å². The highest BCUT2D eigenvalue weighted by atomic mass is 16.5. The van der Waals surface area contributed by atoms with Crippen LogP contribution in [-0.4, -0.2) is 37.5 Å². The molecule has 0 amide bonds. The third-order valence-corrected chi connectivity index (χ3v) is 3.57. The van der Waals surface area contributed by atoms with E-state index in [1.54, 1.807) is 7.11 Å². The summed E-state index contributed by atoms with van der Waals surface area (Å²) in [6, 6.07) is 0.440. The summed E-state index contributed by atoms with van der Waals surface area (Å²) in [6.45, 7) is 7.70. The number of methoxy groups -OCH3 is 1. The van der Waals surface area contributed by atoms with Crippen LogP contribution >= 0.6 is 0 Å². The quantitative estimate of drug-likeness (QED) is 0.724. The third kappa shape index (κ3) is 4.78. The van der Waals surface area contributed by atoms with E-state index < -0.39 is 6.10 Å². The zero-order chi connectivity index (χ0) is 12.8. The van der Waals surface area contributed by atoms with Crippen LogP contribution in [0.3, 0.4) is 0 Å². The molecule has 0 aromatic rings. The van der Waals surface area contributed by atoms with Gasteiger partial charge in [-0.05, 0) is 39.0 Å². The Morgan fingerprint density at radius 1 is 1.53 bits per heavy atom. The maximum Gasteiger partial charge on any atom is 0.0897 e. The van der Waals surface area contributed by atoms with Gasteiger partial charge in [0.25, 0.3) is 0 Å². The van der Waals surface area contributed by atoms with Gasteiger partial charge in [0.05, 0.1) is 12.7 Å². The van der Waals surface area contributed by atoms with Crippen molar-refractivity contribution < 1.29 is 9.84 Å². The van der Waals surface area contributed by atoms with Crippen LogP contribution in [0.1, 0.15) is 40.0 Å². The van der Waals surface area contributed by atoms with Gasteiger partial charge in [0.1, 0.15) is 0 Å². The summed E-state index contributed by atoms with van der Waals surface area (Å²) in [5, 5.41) is 13.1. The molecule has 17 heavy (non-hydrogen) atoms. The Morgan fingerprint density at radius 2 is 2.24 bits per heavy atom. The van der Waals surface area contributed by atoms with E-state index in [1.807, 2.05) is 0 Å². The zero-order valence-electron chi connectivity index (χ0n) is 11.6. The molecule has 3 atom stereocenters. The molecule has 0 aromatic heterocycles. The molecule has 1 aliphatic carbocycles. The maximum atomic E-state index is 9.67. The van der Waals surface area contributed by atoms with Crippen molar-refractivity contribution in [3.63, 3.8) is 0 Å². The first kappa shape index (κ1) is 14.7. The number of rotatable bonds is 5. The molecule has 0 radical (unpaired) electrons. The van der Waals surface area contributed by atoms with Gasteiger partial charge in [-0.3, -0.25) is 0 Å². The number of aliphatic hydroxyl groups is 1. The molecule has 1 aliphatic rings. The van der Waals surface area contributed by atoms with E-state index in [2.05, 4.69) is 26.1 Å². The standard InChI is InChI=1S/C14H27NO2/c1-10(2)13-6-5-11(3)7-14(13)15-8-12(16)9-17-4/h11-12,14-16H,5-9H2,1-4H3/t11-,12-,14+/m1/s1. The predicted octanol–water partition coefficient (Wildman–Crippen LogP) is 2.11. The van der Waals surface area contributed by atoms with Crippen LogP contribution in [0.15, 0.2) is 11.1 Å². The van der Waals surface area contributed by atoms with Gasteiger partial charge in [0, 0.05) is 19.7 Å². The number of hydrogen-bond acceptors (Lipinski definition) is 3. The monoisotopic (exact) mass is 241 g/mol. The number of nitrogens with one attached hydrogen (secondary N) is 1. The molecule has 2 N–H and O–H groups in total. The maximum absolute atomic E-state index is 9.67. The minimum absolute atomic E-state index is 0.402. The second kappa shape index (κ2) is 7.14. The SMILES string of the molecule is COC[C@H](O)CN[C@H]1C[C@H](C)CCC1=C(C)C. The van der Waals surface area contributed by atoms with E-state index in [0.29, 0.717) is 19.2 Å². The van der Waals surface area contributed by atoms with Gasteiger partial charge in [0.2, 0.25) is 0 Å². The van der Waals surface area contributed by atoms with E-state index >= 15 is 0 Å². The molecule has 0 bridgehead atoms. The molecular weight excluding hydrogens is 214 g/mol.